The molecular weight excluding hydrogens is 295 g/mol. The van der Waals surface area contributed by atoms with Crippen molar-refractivity contribution in [1.29, 1.82) is 0 Å². The highest BCUT2D eigenvalue weighted by atomic mass is 19.4. The lowest BCUT2D eigenvalue weighted by atomic mass is 10.0. The molecule has 1 unspecified atom stereocenters. The SMILES string of the molecule is CC1=CC(O)(C(F)(F)F)n2nc(C)c(-c3ccccc3)c2N1. The molecule has 1 aromatic heterocycles. The zero-order chi connectivity index (χ0) is 16.1. The fourth-order valence-electron chi connectivity index (χ4n) is 2.63. The molecule has 0 aliphatic carbocycles. The third kappa shape index (κ3) is 2.00. The zero-order valence-electron chi connectivity index (χ0n) is 11.9. The number of anilines is 1. The molecule has 7 heteroatoms. The van der Waals surface area contributed by atoms with Crippen molar-refractivity contribution in [3.05, 3.63) is 47.8 Å². The number of fused-ring (bicyclic) bond motifs is 1. The van der Waals surface area contributed by atoms with Crippen molar-refractivity contribution >= 4 is 5.82 Å². The van der Waals surface area contributed by atoms with Crippen molar-refractivity contribution in [2.75, 3.05) is 5.32 Å². The Hall–Kier alpha value is -2.28. The zero-order valence-corrected chi connectivity index (χ0v) is 11.9. The summed E-state index contributed by atoms with van der Waals surface area (Å²) in [7, 11) is 0. The van der Waals surface area contributed by atoms with Gasteiger partial charge in [-0.05, 0) is 25.5 Å². The van der Waals surface area contributed by atoms with Crippen molar-refractivity contribution in [2.45, 2.75) is 25.7 Å². The molecule has 1 aliphatic rings. The van der Waals surface area contributed by atoms with Crippen LogP contribution in [0.2, 0.25) is 0 Å². The van der Waals surface area contributed by atoms with Gasteiger partial charge in [0.1, 0.15) is 5.82 Å². The highest BCUT2D eigenvalue weighted by Gasteiger charge is 2.57. The summed E-state index contributed by atoms with van der Waals surface area (Å²) in [5.74, 6) is 0.128. The summed E-state index contributed by atoms with van der Waals surface area (Å²) in [5.41, 5.74) is -1.28. The third-order valence-corrected chi connectivity index (χ3v) is 3.60. The molecule has 116 valence electrons. The van der Waals surface area contributed by atoms with Crippen molar-refractivity contribution in [1.82, 2.24) is 9.78 Å². The van der Waals surface area contributed by atoms with Gasteiger partial charge in [0.25, 0.3) is 5.72 Å². The van der Waals surface area contributed by atoms with Crippen LogP contribution >= 0.6 is 0 Å². The van der Waals surface area contributed by atoms with Gasteiger partial charge in [-0.1, -0.05) is 30.3 Å². The van der Waals surface area contributed by atoms with E-state index >= 15 is 0 Å². The average Bonchev–Trinajstić information content (AvgIpc) is 2.75. The van der Waals surface area contributed by atoms with Gasteiger partial charge in [-0.3, -0.25) is 0 Å². The van der Waals surface area contributed by atoms with Crippen LogP contribution in [0.1, 0.15) is 12.6 Å². The lowest BCUT2D eigenvalue weighted by Gasteiger charge is -2.33. The number of hydrogen-bond acceptors (Lipinski definition) is 3. The van der Waals surface area contributed by atoms with E-state index < -0.39 is 11.9 Å². The van der Waals surface area contributed by atoms with Gasteiger partial charge in [0, 0.05) is 11.3 Å². The van der Waals surface area contributed by atoms with Crippen molar-refractivity contribution in [3.8, 4) is 11.1 Å². The van der Waals surface area contributed by atoms with Crippen LogP contribution in [0.5, 0.6) is 0 Å². The molecule has 0 amide bonds. The van der Waals surface area contributed by atoms with Crippen LogP contribution < -0.4 is 5.32 Å². The molecular formula is C15H14F3N3O. The highest BCUT2D eigenvalue weighted by molar-refractivity contribution is 5.79. The predicted octanol–water partition coefficient (Wildman–Crippen LogP) is 3.40. The molecule has 0 saturated heterocycles. The summed E-state index contributed by atoms with van der Waals surface area (Å²) < 4.78 is 40.6. The van der Waals surface area contributed by atoms with E-state index in [-0.39, 0.29) is 11.5 Å². The van der Waals surface area contributed by atoms with E-state index in [0.29, 0.717) is 15.9 Å². The maximum atomic E-state index is 13.3. The number of aromatic nitrogens is 2. The van der Waals surface area contributed by atoms with Gasteiger partial charge in [-0.15, -0.1) is 0 Å². The molecule has 0 saturated carbocycles. The van der Waals surface area contributed by atoms with Crippen LogP contribution in [-0.2, 0) is 5.72 Å². The first-order valence-corrected chi connectivity index (χ1v) is 6.65. The Bertz CT molecular complexity index is 749. The second-order valence-corrected chi connectivity index (χ2v) is 5.26. The molecule has 22 heavy (non-hydrogen) atoms. The van der Waals surface area contributed by atoms with Crippen LogP contribution in [0, 0.1) is 6.92 Å². The quantitative estimate of drug-likeness (QED) is 0.849. The van der Waals surface area contributed by atoms with Crippen molar-refractivity contribution in [3.63, 3.8) is 0 Å². The Balaban J connectivity index is 2.27. The van der Waals surface area contributed by atoms with Crippen molar-refractivity contribution < 1.29 is 18.3 Å². The van der Waals surface area contributed by atoms with Gasteiger partial charge >= 0.3 is 6.18 Å². The van der Waals surface area contributed by atoms with Gasteiger partial charge in [0.2, 0.25) is 0 Å². The molecule has 1 atom stereocenters. The number of nitrogens with one attached hydrogen (secondary N) is 1. The average molecular weight is 309 g/mol. The normalized spacial score (nSPS) is 21.1. The molecule has 1 aromatic carbocycles. The molecule has 1 aliphatic heterocycles. The highest BCUT2D eigenvalue weighted by Crippen LogP contribution is 2.44. The maximum absolute atomic E-state index is 13.3. The Morgan fingerprint density at radius 3 is 2.41 bits per heavy atom. The number of benzene rings is 1. The molecule has 2 heterocycles. The van der Waals surface area contributed by atoms with E-state index in [0.717, 1.165) is 11.6 Å². The first kappa shape index (κ1) is 14.6. The first-order valence-electron chi connectivity index (χ1n) is 6.65. The molecule has 3 rings (SSSR count). The number of nitrogens with zero attached hydrogens (tertiary/aromatic N) is 2. The Morgan fingerprint density at radius 2 is 1.82 bits per heavy atom. The van der Waals surface area contributed by atoms with Crippen molar-refractivity contribution in [2.24, 2.45) is 0 Å². The molecule has 0 fully saturated rings. The van der Waals surface area contributed by atoms with E-state index in [1.54, 1.807) is 31.2 Å². The lowest BCUT2D eigenvalue weighted by molar-refractivity contribution is -0.279. The van der Waals surface area contributed by atoms with E-state index in [4.69, 9.17) is 0 Å². The van der Waals surface area contributed by atoms with Crippen LogP contribution in [0.25, 0.3) is 11.1 Å². The van der Waals surface area contributed by atoms with E-state index in [2.05, 4.69) is 10.4 Å². The van der Waals surface area contributed by atoms with Crippen LogP contribution in [0.15, 0.2) is 42.1 Å². The number of aliphatic hydroxyl groups is 1. The summed E-state index contributed by atoms with van der Waals surface area (Å²) >= 11 is 0. The minimum atomic E-state index is -4.88. The summed E-state index contributed by atoms with van der Waals surface area (Å²) in [4.78, 5) is 0. The van der Waals surface area contributed by atoms with Gasteiger partial charge in [-0.2, -0.15) is 18.3 Å². The minimum Gasteiger partial charge on any atom is -0.359 e. The number of hydrogen-bond donors (Lipinski definition) is 2. The number of aryl methyl sites for hydroxylation is 1. The molecule has 0 radical (unpaired) electrons. The standard InChI is InChI=1S/C15H14F3N3O/c1-9-8-14(22,15(16,17)18)21-13(19-9)12(10(2)20-21)11-6-4-3-5-7-11/h3-8,19,22H,1-2H3. The number of alkyl halides is 3. The number of rotatable bonds is 1. The van der Waals surface area contributed by atoms with E-state index in [9.17, 15) is 18.3 Å². The van der Waals surface area contributed by atoms with Crippen LogP contribution in [0.3, 0.4) is 0 Å². The summed E-state index contributed by atoms with van der Waals surface area (Å²) in [6.07, 6.45) is -4.15. The summed E-state index contributed by atoms with van der Waals surface area (Å²) in [5, 5.41) is 17.0. The Labute approximate surface area is 124 Å². The molecule has 2 N–H and O–H groups in total. The molecule has 0 bridgehead atoms. The summed E-state index contributed by atoms with van der Waals surface area (Å²) in [6, 6.07) is 8.97. The predicted molar refractivity (Wildman–Crippen MR) is 76.0 cm³/mol. The second-order valence-electron chi connectivity index (χ2n) is 5.26. The smallest absolute Gasteiger partial charge is 0.359 e. The molecule has 4 nitrogen and oxygen atoms in total. The fourth-order valence-corrected chi connectivity index (χ4v) is 2.63. The second kappa shape index (κ2) is 4.61. The monoisotopic (exact) mass is 309 g/mol. The third-order valence-electron chi connectivity index (χ3n) is 3.60. The fraction of sp³-hybridized carbons (Fsp3) is 0.267. The van der Waals surface area contributed by atoms with Gasteiger partial charge < -0.3 is 10.4 Å². The van der Waals surface area contributed by atoms with Gasteiger partial charge in [0.15, 0.2) is 0 Å². The number of allylic oxidation sites excluding steroid dienone is 1. The Morgan fingerprint density at radius 1 is 1.18 bits per heavy atom. The van der Waals surface area contributed by atoms with E-state index in [1.165, 1.54) is 6.92 Å². The Kier molecular flexibility index (Phi) is 3.07. The van der Waals surface area contributed by atoms with Crippen LogP contribution in [0.4, 0.5) is 19.0 Å². The van der Waals surface area contributed by atoms with Gasteiger partial charge in [-0.25, -0.2) is 4.68 Å². The van der Waals surface area contributed by atoms with E-state index in [1.807, 2.05) is 6.07 Å². The summed E-state index contributed by atoms with van der Waals surface area (Å²) in [6.45, 7) is 3.08. The molecule has 0 spiro atoms. The lowest BCUT2D eigenvalue weighted by Crippen LogP contribution is -2.49. The molecule has 2 aromatic rings. The number of halogens is 3. The largest absolute Gasteiger partial charge is 0.442 e. The first-order chi connectivity index (χ1) is 10.2. The van der Waals surface area contributed by atoms with Gasteiger partial charge in [0.05, 0.1) is 5.69 Å². The topological polar surface area (TPSA) is 50.1 Å². The minimum absolute atomic E-state index is 0.128. The maximum Gasteiger partial charge on any atom is 0.442 e. The van der Waals surface area contributed by atoms with Crippen LogP contribution in [-0.4, -0.2) is 21.1 Å².